The summed E-state index contributed by atoms with van der Waals surface area (Å²) in [6.45, 7) is 0. The molecule has 134 valence electrons. The highest BCUT2D eigenvalue weighted by molar-refractivity contribution is 8.00. The fourth-order valence-electron chi connectivity index (χ4n) is 2.38. The van der Waals surface area contributed by atoms with Gasteiger partial charge in [-0.1, -0.05) is 17.8 Å². The van der Waals surface area contributed by atoms with Crippen LogP contribution in [-0.4, -0.2) is 31.4 Å². The molecular formula is C19H18N2O3S2. The second-order valence-electron chi connectivity index (χ2n) is 5.30. The molecule has 0 aliphatic carbocycles. The molecule has 0 unspecified atom stereocenters. The van der Waals surface area contributed by atoms with Gasteiger partial charge in [0.2, 0.25) is 5.91 Å². The number of rotatable bonds is 6. The number of benzene rings is 2. The molecule has 0 aliphatic rings. The van der Waals surface area contributed by atoms with Crippen molar-refractivity contribution in [2.45, 2.75) is 4.34 Å². The number of anilines is 1. The van der Waals surface area contributed by atoms with Gasteiger partial charge in [-0.3, -0.25) is 4.79 Å². The van der Waals surface area contributed by atoms with Crippen LogP contribution in [-0.2, 0) is 4.79 Å². The first-order chi connectivity index (χ1) is 12.6. The molecule has 2 aromatic carbocycles. The molecule has 0 radical (unpaired) electrons. The van der Waals surface area contributed by atoms with E-state index in [2.05, 4.69) is 10.3 Å². The van der Waals surface area contributed by atoms with Crippen LogP contribution in [0.5, 0.6) is 11.5 Å². The maximum Gasteiger partial charge on any atom is 0.248 e. The second-order valence-corrected chi connectivity index (χ2v) is 7.39. The molecule has 0 spiro atoms. The largest absolute Gasteiger partial charge is 0.493 e. The molecule has 0 saturated carbocycles. The monoisotopic (exact) mass is 386 g/mol. The Balaban J connectivity index is 1.71. The van der Waals surface area contributed by atoms with Crippen molar-refractivity contribution in [3.63, 3.8) is 0 Å². The summed E-state index contributed by atoms with van der Waals surface area (Å²) in [6.07, 6.45) is 5.22. The topological polar surface area (TPSA) is 60.5 Å². The van der Waals surface area contributed by atoms with Gasteiger partial charge in [0.25, 0.3) is 0 Å². The van der Waals surface area contributed by atoms with Crippen molar-refractivity contribution in [3.05, 3.63) is 48.0 Å². The first-order valence-corrected chi connectivity index (χ1v) is 9.82. The van der Waals surface area contributed by atoms with Crippen LogP contribution in [0.15, 0.2) is 46.8 Å². The molecule has 5 nitrogen and oxygen atoms in total. The summed E-state index contributed by atoms with van der Waals surface area (Å²) in [4.78, 5) is 16.7. The summed E-state index contributed by atoms with van der Waals surface area (Å²) >= 11 is 3.23. The molecule has 0 fully saturated rings. The SMILES string of the molecule is COc1ccc(/C=C/C(=O)Nc2ccc3nc(SC)sc3c2)cc1OC. The van der Waals surface area contributed by atoms with Crippen LogP contribution in [0.2, 0.25) is 0 Å². The van der Waals surface area contributed by atoms with Crippen molar-refractivity contribution >= 4 is 51.0 Å². The number of ether oxygens (including phenoxy) is 2. The Hall–Kier alpha value is -2.51. The number of thioether (sulfide) groups is 1. The molecule has 3 rings (SSSR count). The molecule has 0 saturated heterocycles. The Morgan fingerprint density at radius 1 is 1.15 bits per heavy atom. The number of carbonyl (C=O) groups is 1. The van der Waals surface area contributed by atoms with E-state index in [-0.39, 0.29) is 5.91 Å². The third kappa shape index (κ3) is 4.17. The van der Waals surface area contributed by atoms with Crippen LogP contribution >= 0.6 is 23.1 Å². The Morgan fingerprint density at radius 2 is 1.96 bits per heavy atom. The second kappa shape index (κ2) is 8.25. The van der Waals surface area contributed by atoms with Gasteiger partial charge >= 0.3 is 0 Å². The highest BCUT2D eigenvalue weighted by Crippen LogP contribution is 2.30. The Bertz CT molecular complexity index is 967. The molecule has 7 heteroatoms. The summed E-state index contributed by atoms with van der Waals surface area (Å²) in [7, 11) is 3.17. The lowest BCUT2D eigenvalue weighted by molar-refractivity contribution is -0.111. The number of carbonyl (C=O) groups excluding carboxylic acids is 1. The van der Waals surface area contributed by atoms with E-state index in [9.17, 15) is 4.79 Å². The van der Waals surface area contributed by atoms with Crippen molar-refractivity contribution < 1.29 is 14.3 Å². The third-order valence-electron chi connectivity index (χ3n) is 3.65. The third-order valence-corrected chi connectivity index (χ3v) is 5.65. The van der Waals surface area contributed by atoms with Gasteiger partial charge in [0.1, 0.15) is 0 Å². The molecule has 0 bridgehead atoms. The Labute approximate surface area is 160 Å². The van der Waals surface area contributed by atoms with Crippen LogP contribution < -0.4 is 14.8 Å². The predicted molar refractivity (Wildman–Crippen MR) is 109 cm³/mol. The molecule has 26 heavy (non-hydrogen) atoms. The van der Waals surface area contributed by atoms with Crippen molar-refractivity contribution in [1.82, 2.24) is 4.98 Å². The summed E-state index contributed by atoms with van der Waals surface area (Å²) in [5.41, 5.74) is 2.54. The number of hydrogen-bond donors (Lipinski definition) is 1. The predicted octanol–water partition coefficient (Wildman–Crippen LogP) is 4.69. The standard InChI is InChI=1S/C19H18N2O3S2/c1-23-15-8-4-12(10-16(15)24-2)5-9-18(22)20-13-6-7-14-17(11-13)26-19(21-14)25-3/h4-11H,1-3H3,(H,20,22)/b9-5+. The summed E-state index contributed by atoms with van der Waals surface area (Å²) in [6, 6.07) is 11.2. The van der Waals surface area contributed by atoms with Gasteiger partial charge in [-0.15, -0.1) is 11.3 Å². The Morgan fingerprint density at radius 3 is 2.69 bits per heavy atom. The number of hydrogen-bond acceptors (Lipinski definition) is 6. The van der Waals surface area contributed by atoms with Crippen LogP contribution in [0.1, 0.15) is 5.56 Å². The van der Waals surface area contributed by atoms with Crippen LogP contribution in [0, 0.1) is 0 Å². The zero-order chi connectivity index (χ0) is 18.5. The number of nitrogens with zero attached hydrogens (tertiary/aromatic N) is 1. The van der Waals surface area contributed by atoms with E-state index in [0.717, 1.165) is 25.8 Å². The first kappa shape index (κ1) is 18.3. The number of fused-ring (bicyclic) bond motifs is 1. The lowest BCUT2D eigenvalue weighted by Crippen LogP contribution is -2.07. The van der Waals surface area contributed by atoms with E-state index in [0.29, 0.717) is 11.5 Å². The number of methoxy groups -OCH3 is 2. The molecular weight excluding hydrogens is 368 g/mol. The van der Waals surface area contributed by atoms with Crippen molar-refractivity contribution in [2.24, 2.45) is 0 Å². The maximum absolute atomic E-state index is 12.2. The smallest absolute Gasteiger partial charge is 0.248 e. The molecule has 1 N–H and O–H groups in total. The van der Waals surface area contributed by atoms with E-state index in [4.69, 9.17) is 9.47 Å². The molecule has 1 heterocycles. The minimum atomic E-state index is -0.200. The molecule has 0 atom stereocenters. The minimum Gasteiger partial charge on any atom is -0.493 e. The summed E-state index contributed by atoms with van der Waals surface area (Å²) in [5.74, 6) is 1.07. The van der Waals surface area contributed by atoms with Gasteiger partial charge in [0.05, 0.1) is 24.4 Å². The normalized spacial score (nSPS) is 11.0. The summed E-state index contributed by atoms with van der Waals surface area (Å²) in [5, 5.41) is 2.87. The molecule has 3 aromatic rings. The molecule has 1 amide bonds. The van der Waals surface area contributed by atoms with Gasteiger partial charge in [0, 0.05) is 11.8 Å². The number of aromatic nitrogens is 1. The van der Waals surface area contributed by atoms with Crippen LogP contribution in [0.4, 0.5) is 5.69 Å². The quantitative estimate of drug-likeness (QED) is 0.492. The lowest BCUT2D eigenvalue weighted by atomic mass is 10.2. The van der Waals surface area contributed by atoms with Gasteiger partial charge in [-0.25, -0.2) is 4.98 Å². The number of thiazole rings is 1. The summed E-state index contributed by atoms with van der Waals surface area (Å²) < 4.78 is 12.5. The average molecular weight is 386 g/mol. The maximum atomic E-state index is 12.2. The van der Waals surface area contributed by atoms with Gasteiger partial charge in [-0.2, -0.15) is 0 Å². The van der Waals surface area contributed by atoms with E-state index >= 15 is 0 Å². The average Bonchev–Trinajstić information content (AvgIpc) is 3.08. The zero-order valence-corrected chi connectivity index (χ0v) is 16.2. The Kier molecular flexibility index (Phi) is 5.80. The van der Waals surface area contributed by atoms with Crippen molar-refractivity contribution in [3.8, 4) is 11.5 Å². The highest BCUT2D eigenvalue weighted by atomic mass is 32.2. The highest BCUT2D eigenvalue weighted by Gasteiger charge is 2.06. The first-order valence-electron chi connectivity index (χ1n) is 7.78. The van der Waals surface area contributed by atoms with Gasteiger partial charge in [-0.05, 0) is 48.2 Å². The van der Waals surface area contributed by atoms with E-state index < -0.39 is 0 Å². The van der Waals surface area contributed by atoms with E-state index in [1.807, 2.05) is 36.6 Å². The minimum absolute atomic E-state index is 0.200. The van der Waals surface area contributed by atoms with Crippen molar-refractivity contribution in [1.29, 1.82) is 0 Å². The lowest BCUT2D eigenvalue weighted by Gasteiger charge is -2.07. The zero-order valence-electron chi connectivity index (χ0n) is 14.6. The number of nitrogens with one attached hydrogen (secondary N) is 1. The van der Waals surface area contributed by atoms with Crippen molar-refractivity contribution in [2.75, 3.05) is 25.8 Å². The van der Waals surface area contributed by atoms with Gasteiger partial charge in [0.15, 0.2) is 15.8 Å². The molecule has 0 aliphatic heterocycles. The van der Waals surface area contributed by atoms with E-state index in [1.165, 1.54) is 6.08 Å². The molecule has 1 aromatic heterocycles. The van der Waals surface area contributed by atoms with Crippen LogP contribution in [0.3, 0.4) is 0 Å². The van der Waals surface area contributed by atoms with E-state index in [1.54, 1.807) is 49.5 Å². The fraction of sp³-hybridized carbons (Fsp3) is 0.158. The fourth-order valence-corrected chi connectivity index (χ4v) is 3.91. The van der Waals surface area contributed by atoms with Gasteiger partial charge < -0.3 is 14.8 Å². The number of amides is 1. The van der Waals surface area contributed by atoms with Crippen LogP contribution in [0.25, 0.3) is 16.3 Å².